The first-order valence-electron chi connectivity index (χ1n) is 9.92. The molecule has 0 bridgehead atoms. The zero-order chi connectivity index (χ0) is 19.3. The molecule has 0 aromatic heterocycles. The zero-order valence-electron chi connectivity index (χ0n) is 15.6. The smallest absolute Gasteiger partial charge is 0.409 e. The van der Waals surface area contributed by atoms with Crippen LogP contribution in [0.5, 0.6) is 0 Å². The lowest BCUT2D eigenvalue weighted by atomic mass is 9.91. The molecule has 5 rings (SSSR count). The average molecular weight is 377 g/mol. The number of carbonyl (C=O) groups is 2. The zero-order valence-corrected chi connectivity index (χ0v) is 15.6. The van der Waals surface area contributed by atoms with Gasteiger partial charge in [0.25, 0.3) is 0 Å². The molecule has 0 radical (unpaired) electrons. The number of likely N-dealkylation sites (tertiary alicyclic amines) is 1. The van der Waals surface area contributed by atoms with Gasteiger partial charge in [0.1, 0.15) is 6.61 Å². The summed E-state index contributed by atoms with van der Waals surface area (Å²) in [5.41, 5.74) is 4.76. The number of hydrogen-bond donors (Lipinski definition) is 1. The molecular formula is C23H23NO4. The van der Waals surface area contributed by atoms with Crippen LogP contribution in [0.2, 0.25) is 0 Å². The lowest BCUT2D eigenvalue weighted by Crippen LogP contribution is -2.40. The van der Waals surface area contributed by atoms with Crippen molar-refractivity contribution < 1.29 is 19.4 Å². The van der Waals surface area contributed by atoms with Gasteiger partial charge in [-0.2, -0.15) is 0 Å². The van der Waals surface area contributed by atoms with Crippen LogP contribution in [-0.4, -0.2) is 41.8 Å². The Labute approximate surface area is 163 Å². The van der Waals surface area contributed by atoms with Gasteiger partial charge in [-0.3, -0.25) is 4.79 Å². The maximum atomic E-state index is 12.6. The molecule has 2 aromatic carbocycles. The fraction of sp³-hybridized carbons (Fsp3) is 0.391. The molecule has 0 unspecified atom stereocenters. The highest BCUT2D eigenvalue weighted by atomic mass is 16.6. The number of aliphatic carboxylic acids is 1. The first-order valence-corrected chi connectivity index (χ1v) is 9.92. The van der Waals surface area contributed by atoms with Crippen molar-refractivity contribution in [3.8, 4) is 11.1 Å². The highest BCUT2D eigenvalue weighted by Crippen LogP contribution is 2.59. The SMILES string of the molecule is O=C(O)[C@H]1CC12CCN(C(=O)OCC1c3ccccc3-c3ccccc31)CC2. The molecule has 1 amide bonds. The van der Waals surface area contributed by atoms with E-state index in [1.54, 1.807) is 4.90 Å². The molecule has 1 atom stereocenters. The van der Waals surface area contributed by atoms with Gasteiger partial charge in [0.15, 0.2) is 0 Å². The summed E-state index contributed by atoms with van der Waals surface area (Å²) in [5, 5.41) is 9.21. The molecule has 5 heteroatoms. The van der Waals surface area contributed by atoms with Crippen LogP contribution in [0.3, 0.4) is 0 Å². The second kappa shape index (κ2) is 6.36. The van der Waals surface area contributed by atoms with Crippen molar-refractivity contribution >= 4 is 12.1 Å². The van der Waals surface area contributed by atoms with Gasteiger partial charge in [0, 0.05) is 19.0 Å². The van der Waals surface area contributed by atoms with Crippen molar-refractivity contribution in [3.63, 3.8) is 0 Å². The van der Waals surface area contributed by atoms with Crippen LogP contribution >= 0.6 is 0 Å². The molecule has 2 fully saturated rings. The van der Waals surface area contributed by atoms with Gasteiger partial charge in [-0.25, -0.2) is 4.79 Å². The molecule has 1 saturated heterocycles. The lowest BCUT2D eigenvalue weighted by Gasteiger charge is -2.32. The standard InChI is InChI=1S/C23H23NO4/c25-21(26)20-13-23(20)9-11-24(12-10-23)22(27)28-14-19-17-7-3-1-5-15(17)16-6-2-4-8-18(16)19/h1-8,19-20H,9-14H2,(H,25,26)/t20-/m1/s1. The van der Waals surface area contributed by atoms with Gasteiger partial charge in [-0.05, 0) is 46.9 Å². The third-order valence-electron chi connectivity index (χ3n) is 6.84. The molecule has 1 heterocycles. The minimum absolute atomic E-state index is 0.0623. The largest absolute Gasteiger partial charge is 0.481 e. The number of rotatable bonds is 3. The highest BCUT2D eigenvalue weighted by molar-refractivity contribution is 5.79. The van der Waals surface area contributed by atoms with E-state index in [0.29, 0.717) is 19.7 Å². The molecule has 1 N–H and O–H groups in total. The number of piperidine rings is 1. The molecule has 28 heavy (non-hydrogen) atoms. The third kappa shape index (κ3) is 2.68. The minimum atomic E-state index is -0.699. The van der Waals surface area contributed by atoms with Gasteiger partial charge in [-0.1, -0.05) is 48.5 Å². The molecule has 144 valence electrons. The summed E-state index contributed by atoms with van der Waals surface area (Å²) >= 11 is 0. The molecule has 5 nitrogen and oxygen atoms in total. The average Bonchev–Trinajstić information content (AvgIpc) is 3.33. The summed E-state index contributed by atoms with van der Waals surface area (Å²) in [7, 11) is 0. The van der Waals surface area contributed by atoms with E-state index in [0.717, 1.165) is 19.3 Å². The van der Waals surface area contributed by atoms with Gasteiger partial charge >= 0.3 is 12.1 Å². The summed E-state index contributed by atoms with van der Waals surface area (Å²) in [6.45, 7) is 1.49. The topological polar surface area (TPSA) is 66.8 Å². The van der Waals surface area contributed by atoms with Crippen LogP contribution in [-0.2, 0) is 9.53 Å². The molecule has 1 saturated carbocycles. The highest BCUT2D eigenvalue weighted by Gasteiger charge is 2.59. The number of fused-ring (bicyclic) bond motifs is 3. The second-order valence-electron chi connectivity index (χ2n) is 8.25. The maximum absolute atomic E-state index is 12.6. The Balaban J connectivity index is 1.24. The Morgan fingerprint density at radius 1 is 1.00 bits per heavy atom. The molecule has 2 aromatic rings. The molecule has 2 aliphatic carbocycles. The Bertz CT molecular complexity index is 900. The van der Waals surface area contributed by atoms with Crippen LogP contribution in [0.25, 0.3) is 11.1 Å². The van der Waals surface area contributed by atoms with Crippen LogP contribution in [0, 0.1) is 11.3 Å². The second-order valence-corrected chi connectivity index (χ2v) is 8.25. The van der Waals surface area contributed by atoms with Crippen molar-refractivity contribution in [2.24, 2.45) is 11.3 Å². The lowest BCUT2D eigenvalue weighted by molar-refractivity contribution is -0.139. The van der Waals surface area contributed by atoms with E-state index in [2.05, 4.69) is 24.3 Å². The normalized spacial score (nSPS) is 21.9. The summed E-state index contributed by atoms with van der Waals surface area (Å²) in [6, 6.07) is 16.6. The number of amides is 1. The number of nitrogens with zero attached hydrogens (tertiary/aromatic N) is 1. The van der Waals surface area contributed by atoms with Crippen molar-refractivity contribution in [1.82, 2.24) is 4.90 Å². The Morgan fingerprint density at radius 2 is 1.57 bits per heavy atom. The fourth-order valence-corrected chi connectivity index (χ4v) is 5.07. The number of ether oxygens (including phenoxy) is 1. The van der Waals surface area contributed by atoms with E-state index < -0.39 is 5.97 Å². The van der Waals surface area contributed by atoms with E-state index in [-0.39, 0.29) is 23.3 Å². The van der Waals surface area contributed by atoms with Gasteiger partial charge < -0.3 is 14.7 Å². The molecule has 1 spiro atoms. The van der Waals surface area contributed by atoms with Crippen LogP contribution in [0.4, 0.5) is 4.79 Å². The first-order chi connectivity index (χ1) is 13.6. The Kier molecular flexibility index (Phi) is 3.93. The van der Waals surface area contributed by atoms with Crippen LogP contribution in [0.15, 0.2) is 48.5 Å². The van der Waals surface area contributed by atoms with E-state index >= 15 is 0 Å². The maximum Gasteiger partial charge on any atom is 0.409 e. The van der Waals surface area contributed by atoms with Gasteiger partial charge in [-0.15, -0.1) is 0 Å². The summed E-state index contributed by atoms with van der Waals surface area (Å²) in [5.74, 6) is -0.862. The first kappa shape index (κ1) is 17.3. The number of carbonyl (C=O) groups excluding carboxylic acids is 1. The van der Waals surface area contributed by atoms with Crippen molar-refractivity contribution in [3.05, 3.63) is 59.7 Å². The number of hydrogen-bond acceptors (Lipinski definition) is 3. The number of carboxylic acids is 1. The van der Waals surface area contributed by atoms with Crippen molar-refractivity contribution in [1.29, 1.82) is 0 Å². The number of benzene rings is 2. The Hall–Kier alpha value is -2.82. The van der Waals surface area contributed by atoms with E-state index in [4.69, 9.17) is 4.74 Å². The predicted molar refractivity (Wildman–Crippen MR) is 104 cm³/mol. The quantitative estimate of drug-likeness (QED) is 0.874. The summed E-state index contributed by atoms with van der Waals surface area (Å²) in [6.07, 6.45) is 1.98. The van der Waals surface area contributed by atoms with Crippen molar-refractivity contribution in [2.45, 2.75) is 25.2 Å². The van der Waals surface area contributed by atoms with E-state index in [1.807, 2.05) is 24.3 Å². The Morgan fingerprint density at radius 3 is 2.11 bits per heavy atom. The predicted octanol–water partition coefficient (Wildman–Crippen LogP) is 4.12. The fourth-order valence-electron chi connectivity index (χ4n) is 5.07. The summed E-state index contributed by atoms with van der Waals surface area (Å²) in [4.78, 5) is 25.5. The minimum Gasteiger partial charge on any atom is -0.481 e. The monoisotopic (exact) mass is 377 g/mol. The van der Waals surface area contributed by atoms with Crippen LogP contribution < -0.4 is 0 Å². The van der Waals surface area contributed by atoms with Crippen molar-refractivity contribution in [2.75, 3.05) is 19.7 Å². The number of carboxylic acid groups (broad SMARTS) is 1. The summed E-state index contributed by atoms with van der Waals surface area (Å²) < 4.78 is 5.71. The molecule has 3 aliphatic rings. The van der Waals surface area contributed by atoms with E-state index in [1.165, 1.54) is 22.3 Å². The molecule has 1 aliphatic heterocycles. The van der Waals surface area contributed by atoms with Crippen LogP contribution in [0.1, 0.15) is 36.3 Å². The third-order valence-corrected chi connectivity index (χ3v) is 6.84. The van der Waals surface area contributed by atoms with Gasteiger partial charge in [0.05, 0.1) is 5.92 Å². The molecular weight excluding hydrogens is 354 g/mol. The van der Waals surface area contributed by atoms with Gasteiger partial charge in [0.2, 0.25) is 0 Å². The van der Waals surface area contributed by atoms with E-state index in [9.17, 15) is 14.7 Å².